The lowest BCUT2D eigenvalue weighted by Gasteiger charge is -1.96. The van der Waals surface area contributed by atoms with Crippen LogP contribution in [0.1, 0.15) is 17.4 Å². The monoisotopic (exact) mass is 274 g/mol. The largest absolute Gasteiger partial charge is 0.476 e. The SMILES string of the molecule is CCOc1oc(-c2cnn3ccncc23)nc1C(=O)O. The summed E-state index contributed by atoms with van der Waals surface area (Å²) in [5, 5.41) is 13.2. The van der Waals surface area contributed by atoms with Crippen molar-refractivity contribution >= 4 is 11.5 Å². The summed E-state index contributed by atoms with van der Waals surface area (Å²) in [5.41, 5.74) is 0.949. The lowest BCUT2D eigenvalue weighted by molar-refractivity contribution is 0.0683. The van der Waals surface area contributed by atoms with Gasteiger partial charge >= 0.3 is 11.9 Å². The van der Waals surface area contributed by atoms with Crippen molar-refractivity contribution in [2.75, 3.05) is 6.61 Å². The second kappa shape index (κ2) is 4.65. The minimum atomic E-state index is -1.21. The van der Waals surface area contributed by atoms with E-state index in [2.05, 4.69) is 15.1 Å². The molecular weight excluding hydrogens is 264 g/mol. The molecule has 0 radical (unpaired) electrons. The number of carboxylic acids is 1. The highest BCUT2D eigenvalue weighted by Gasteiger charge is 2.23. The molecule has 0 unspecified atom stereocenters. The first kappa shape index (κ1) is 12.2. The van der Waals surface area contributed by atoms with Gasteiger partial charge in [-0.25, -0.2) is 9.31 Å². The molecule has 102 valence electrons. The molecule has 0 aromatic carbocycles. The van der Waals surface area contributed by atoms with E-state index in [0.717, 1.165) is 0 Å². The van der Waals surface area contributed by atoms with Gasteiger partial charge in [0.1, 0.15) is 0 Å². The van der Waals surface area contributed by atoms with Gasteiger partial charge in [0.15, 0.2) is 0 Å². The lowest BCUT2D eigenvalue weighted by Crippen LogP contribution is -2.01. The molecule has 3 heterocycles. The number of fused-ring (bicyclic) bond motifs is 1. The summed E-state index contributed by atoms with van der Waals surface area (Å²) in [6.07, 6.45) is 6.38. The van der Waals surface area contributed by atoms with Crippen molar-refractivity contribution in [2.24, 2.45) is 0 Å². The summed E-state index contributed by atoms with van der Waals surface area (Å²) in [4.78, 5) is 19.1. The third kappa shape index (κ3) is 1.87. The number of nitrogens with zero attached hydrogens (tertiary/aromatic N) is 4. The van der Waals surface area contributed by atoms with Gasteiger partial charge in [-0.3, -0.25) is 4.98 Å². The van der Waals surface area contributed by atoms with Crippen LogP contribution in [-0.2, 0) is 0 Å². The predicted octanol–water partition coefficient (Wildman–Crippen LogP) is 1.48. The Morgan fingerprint density at radius 1 is 1.50 bits per heavy atom. The van der Waals surface area contributed by atoms with E-state index < -0.39 is 5.97 Å². The summed E-state index contributed by atoms with van der Waals surface area (Å²) >= 11 is 0. The maximum Gasteiger partial charge on any atom is 0.362 e. The Morgan fingerprint density at radius 2 is 2.35 bits per heavy atom. The molecule has 0 fully saturated rings. The zero-order chi connectivity index (χ0) is 14.1. The van der Waals surface area contributed by atoms with Crippen molar-refractivity contribution in [3.8, 4) is 17.4 Å². The first-order chi connectivity index (χ1) is 9.70. The molecule has 0 aliphatic carbocycles. The number of hydrogen-bond donors (Lipinski definition) is 1. The second-order valence-electron chi connectivity index (χ2n) is 3.86. The standard InChI is InChI=1S/C12H10N4O4/c1-2-19-12-9(11(17)18)15-10(20-12)7-5-14-16-4-3-13-6-8(7)16/h3-6H,2H2,1H3,(H,17,18). The molecule has 0 saturated carbocycles. The maximum absolute atomic E-state index is 11.1. The smallest absolute Gasteiger partial charge is 0.362 e. The molecule has 0 aliphatic rings. The Balaban J connectivity index is 2.14. The van der Waals surface area contributed by atoms with Crippen LogP contribution in [0.5, 0.6) is 5.95 Å². The van der Waals surface area contributed by atoms with Crippen LogP contribution in [-0.4, -0.2) is 37.3 Å². The summed E-state index contributed by atoms with van der Waals surface area (Å²) in [7, 11) is 0. The molecule has 0 amide bonds. The average molecular weight is 274 g/mol. The van der Waals surface area contributed by atoms with Crippen molar-refractivity contribution in [3.63, 3.8) is 0 Å². The van der Waals surface area contributed by atoms with E-state index in [1.165, 1.54) is 6.20 Å². The lowest BCUT2D eigenvalue weighted by atomic mass is 10.3. The predicted molar refractivity (Wildman–Crippen MR) is 66.6 cm³/mol. The number of aromatic nitrogens is 4. The first-order valence-corrected chi connectivity index (χ1v) is 5.85. The van der Waals surface area contributed by atoms with Crippen LogP contribution in [0, 0.1) is 0 Å². The second-order valence-corrected chi connectivity index (χ2v) is 3.86. The fourth-order valence-electron chi connectivity index (χ4n) is 1.78. The van der Waals surface area contributed by atoms with E-state index >= 15 is 0 Å². The van der Waals surface area contributed by atoms with E-state index in [1.54, 1.807) is 30.0 Å². The first-order valence-electron chi connectivity index (χ1n) is 5.85. The molecule has 0 spiro atoms. The summed E-state index contributed by atoms with van der Waals surface area (Å²) < 4.78 is 12.1. The van der Waals surface area contributed by atoms with Gasteiger partial charge in [-0.2, -0.15) is 10.1 Å². The van der Waals surface area contributed by atoms with Crippen LogP contribution in [0.3, 0.4) is 0 Å². The molecule has 3 rings (SSSR count). The number of rotatable bonds is 4. The Bertz CT molecular complexity index is 777. The van der Waals surface area contributed by atoms with Crippen molar-refractivity contribution in [1.29, 1.82) is 0 Å². The van der Waals surface area contributed by atoms with Gasteiger partial charge in [-0.1, -0.05) is 0 Å². The fourth-order valence-corrected chi connectivity index (χ4v) is 1.78. The van der Waals surface area contributed by atoms with Gasteiger partial charge in [0.05, 0.1) is 30.1 Å². The number of carbonyl (C=O) groups is 1. The van der Waals surface area contributed by atoms with Gasteiger partial charge in [-0.15, -0.1) is 0 Å². The number of aromatic carboxylic acids is 1. The third-order valence-corrected chi connectivity index (χ3v) is 2.63. The molecule has 0 bridgehead atoms. The van der Waals surface area contributed by atoms with E-state index in [0.29, 0.717) is 11.1 Å². The van der Waals surface area contributed by atoms with E-state index in [4.69, 9.17) is 14.3 Å². The van der Waals surface area contributed by atoms with E-state index in [1.807, 2.05) is 0 Å². The number of oxazole rings is 1. The molecule has 8 nitrogen and oxygen atoms in total. The molecule has 0 atom stereocenters. The van der Waals surface area contributed by atoms with E-state index in [-0.39, 0.29) is 24.1 Å². The van der Waals surface area contributed by atoms with Crippen LogP contribution in [0.15, 0.2) is 29.2 Å². The van der Waals surface area contributed by atoms with Gasteiger partial charge < -0.3 is 14.3 Å². The topological polar surface area (TPSA) is 103 Å². The zero-order valence-corrected chi connectivity index (χ0v) is 10.5. The molecule has 1 N–H and O–H groups in total. The van der Waals surface area contributed by atoms with Crippen LogP contribution in [0.4, 0.5) is 0 Å². The Labute approximate surface area is 112 Å². The van der Waals surface area contributed by atoms with Gasteiger partial charge in [-0.05, 0) is 6.92 Å². The Hall–Kier alpha value is -2.90. The van der Waals surface area contributed by atoms with Gasteiger partial charge in [0, 0.05) is 12.4 Å². The van der Waals surface area contributed by atoms with Crippen molar-refractivity contribution in [1.82, 2.24) is 19.6 Å². The minimum absolute atomic E-state index is 0.113. The summed E-state index contributed by atoms with van der Waals surface area (Å²) in [5.74, 6) is -1.19. The van der Waals surface area contributed by atoms with Crippen molar-refractivity contribution in [3.05, 3.63) is 30.5 Å². The minimum Gasteiger partial charge on any atom is -0.476 e. The number of hydrogen-bond acceptors (Lipinski definition) is 6. The van der Waals surface area contributed by atoms with Crippen LogP contribution < -0.4 is 4.74 Å². The maximum atomic E-state index is 11.1. The van der Waals surface area contributed by atoms with Gasteiger partial charge in [0.2, 0.25) is 11.6 Å². The molecule has 20 heavy (non-hydrogen) atoms. The number of ether oxygens (including phenoxy) is 1. The normalized spacial score (nSPS) is 10.8. The van der Waals surface area contributed by atoms with Crippen molar-refractivity contribution in [2.45, 2.75) is 6.92 Å². The zero-order valence-electron chi connectivity index (χ0n) is 10.5. The summed E-state index contributed by atoms with van der Waals surface area (Å²) in [6.45, 7) is 2.01. The average Bonchev–Trinajstić information content (AvgIpc) is 3.02. The highest BCUT2D eigenvalue weighted by atomic mass is 16.6. The highest BCUT2D eigenvalue weighted by Crippen LogP contribution is 2.29. The Morgan fingerprint density at radius 3 is 3.10 bits per heavy atom. The molecule has 0 saturated heterocycles. The molecule has 3 aromatic rings. The number of carboxylic acid groups (broad SMARTS) is 1. The quantitative estimate of drug-likeness (QED) is 0.768. The molecule has 3 aromatic heterocycles. The third-order valence-electron chi connectivity index (χ3n) is 2.63. The van der Waals surface area contributed by atoms with Crippen LogP contribution in [0.25, 0.3) is 17.0 Å². The highest BCUT2D eigenvalue weighted by molar-refractivity contribution is 5.89. The molecular formula is C12H10N4O4. The van der Waals surface area contributed by atoms with E-state index in [9.17, 15) is 4.79 Å². The Kier molecular flexibility index (Phi) is 2.82. The summed E-state index contributed by atoms with van der Waals surface area (Å²) in [6, 6.07) is 0. The van der Waals surface area contributed by atoms with Crippen LogP contribution in [0.2, 0.25) is 0 Å². The molecule has 0 aliphatic heterocycles. The molecule has 8 heteroatoms. The van der Waals surface area contributed by atoms with Gasteiger partial charge in [0.25, 0.3) is 0 Å². The van der Waals surface area contributed by atoms with Crippen molar-refractivity contribution < 1.29 is 19.1 Å². The van der Waals surface area contributed by atoms with Crippen LogP contribution >= 0.6 is 0 Å². The fraction of sp³-hybridized carbons (Fsp3) is 0.167.